The molecular formula is C36H28N4O. The molecule has 2 atom stereocenters. The summed E-state index contributed by atoms with van der Waals surface area (Å²) in [7, 11) is 0. The molecule has 2 aliphatic heterocycles. The molecule has 5 heteroatoms. The van der Waals surface area contributed by atoms with Crippen LogP contribution in [0.3, 0.4) is 0 Å². The third-order valence-corrected chi connectivity index (χ3v) is 7.74. The molecule has 2 heterocycles. The van der Waals surface area contributed by atoms with Crippen LogP contribution in [0.15, 0.2) is 156 Å². The average Bonchev–Trinajstić information content (AvgIpc) is 3.54. The lowest BCUT2D eigenvalue weighted by Gasteiger charge is -2.35. The van der Waals surface area contributed by atoms with Crippen molar-refractivity contribution in [3.8, 4) is 0 Å². The maximum atomic E-state index is 15.2. The zero-order valence-corrected chi connectivity index (χ0v) is 22.6. The first kappa shape index (κ1) is 24.7. The molecule has 1 amide bonds. The van der Waals surface area contributed by atoms with Crippen molar-refractivity contribution in [2.75, 3.05) is 9.91 Å². The number of amides is 1. The molecule has 0 radical (unpaired) electrons. The largest absolute Gasteiger partial charge is 0.284 e. The predicted octanol–water partition coefficient (Wildman–Crippen LogP) is 7.19. The Labute approximate surface area is 239 Å². The Kier molecular flexibility index (Phi) is 6.05. The first-order valence-corrected chi connectivity index (χ1v) is 13.8. The maximum Gasteiger partial charge on any atom is 0.284 e. The van der Waals surface area contributed by atoms with E-state index in [0.29, 0.717) is 5.84 Å². The van der Waals surface area contributed by atoms with Gasteiger partial charge in [0.1, 0.15) is 5.84 Å². The summed E-state index contributed by atoms with van der Waals surface area (Å²) in [6.07, 6.45) is 0. The van der Waals surface area contributed by atoms with Gasteiger partial charge in [-0.25, -0.2) is 10.0 Å². The predicted molar refractivity (Wildman–Crippen MR) is 165 cm³/mol. The second kappa shape index (κ2) is 10.0. The summed E-state index contributed by atoms with van der Waals surface area (Å²) < 4.78 is 0. The zero-order chi connectivity index (χ0) is 27.8. The topological polar surface area (TPSA) is 48.3 Å². The number of aryl methyl sites for hydroxylation is 1. The lowest BCUT2D eigenvalue weighted by atomic mass is 9.80. The summed E-state index contributed by atoms with van der Waals surface area (Å²) in [6, 6.07) is 48.1. The lowest BCUT2D eigenvalue weighted by molar-refractivity contribution is -0.121. The van der Waals surface area contributed by atoms with Crippen molar-refractivity contribution in [2.45, 2.75) is 18.5 Å². The molecule has 0 N–H and O–H groups in total. The van der Waals surface area contributed by atoms with Crippen LogP contribution in [0.25, 0.3) is 0 Å². The Morgan fingerprint density at radius 2 is 1.15 bits per heavy atom. The van der Waals surface area contributed by atoms with Crippen LogP contribution >= 0.6 is 0 Å². The molecule has 0 saturated carbocycles. The van der Waals surface area contributed by atoms with Crippen molar-refractivity contribution in [3.05, 3.63) is 168 Å². The molecule has 41 heavy (non-hydrogen) atoms. The number of amidine groups is 1. The quantitative estimate of drug-likeness (QED) is 0.240. The van der Waals surface area contributed by atoms with E-state index in [-0.39, 0.29) is 5.91 Å². The van der Waals surface area contributed by atoms with E-state index >= 15 is 4.79 Å². The van der Waals surface area contributed by atoms with E-state index in [1.165, 1.54) is 0 Å². The summed E-state index contributed by atoms with van der Waals surface area (Å²) in [5, 5.41) is 7.10. The fraction of sp³-hybridized carbons (Fsp3) is 0.0833. The van der Waals surface area contributed by atoms with Crippen molar-refractivity contribution in [1.82, 2.24) is 0 Å². The normalized spacial score (nSPS) is 19.9. The third-order valence-electron chi connectivity index (χ3n) is 7.74. The summed E-state index contributed by atoms with van der Waals surface area (Å²) in [4.78, 5) is 22.4. The van der Waals surface area contributed by atoms with Gasteiger partial charge in [0.2, 0.25) is 5.66 Å². The molecule has 1 spiro atoms. The fourth-order valence-electron chi connectivity index (χ4n) is 5.81. The van der Waals surface area contributed by atoms with Gasteiger partial charge in [-0.3, -0.25) is 9.69 Å². The number of para-hydroxylation sites is 1. The molecule has 5 aromatic rings. The smallest absolute Gasteiger partial charge is 0.269 e. The number of carbonyl (C=O) groups is 1. The van der Waals surface area contributed by atoms with Crippen LogP contribution in [-0.4, -0.2) is 23.1 Å². The van der Waals surface area contributed by atoms with E-state index in [1.54, 1.807) is 4.90 Å². The van der Waals surface area contributed by atoms with E-state index in [2.05, 4.69) is 31.2 Å². The monoisotopic (exact) mass is 532 g/mol. The molecule has 0 saturated heterocycles. The van der Waals surface area contributed by atoms with Gasteiger partial charge in [0, 0.05) is 5.56 Å². The number of hydrazone groups is 1. The maximum absolute atomic E-state index is 15.2. The molecule has 0 unspecified atom stereocenters. The van der Waals surface area contributed by atoms with Gasteiger partial charge in [-0.1, -0.05) is 127 Å². The summed E-state index contributed by atoms with van der Waals surface area (Å²) in [5.74, 6) is -0.0108. The van der Waals surface area contributed by atoms with Crippen LogP contribution in [0.5, 0.6) is 0 Å². The molecule has 5 nitrogen and oxygen atoms in total. The van der Waals surface area contributed by atoms with Gasteiger partial charge in [-0.2, -0.15) is 5.10 Å². The van der Waals surface area contributed by atoms with E-state index in [1.807, 2.05) is 126 Å². The number of benzene rings is 5. The number of rotatable bonds is 5. The standard InChI is InChI=1S/C36H28N4O/c1-26-22-24-31(25-23-26)40-36(32(27-14-6-2-7-15-27)33(38-40)28-16-8-3-9-17-28)35(41)39(30-20-12-5-13-21-30)34(37-36)29-18-10-4-11-19-29/h2-25,32H,1H3/t32-,36+/m1/s1. The number of hydrogen-bond acceptors (Lipinski definition) is 4. The molecular weight excluding hydrogens is 504 g/mol. The minimum absolute atomic E-state index is 0.147. The Bertz CT molecular complexity index is 1750. The van der Waals surface area contributed by atoms with Crippen LogP contribution < -0.4 is 9.91 Å². The van der Waals surface area contributed by atoms with Gasteiger partial charge in [-0.15, -0.1) is 0 Å². The number of nitrogens with zero attached hydrogens (tertiary/aromatic N) is 4. The van der Waals surface area contributed by atoms with Crippen molar-refractivity contribution < 1.29 is 4.79 Å². The van der Waals surface area contributed by atoms with Crippen molar-refractivity contribution >= 4 is 28.8 Å². The summed E-state index contributed by atoms with van der Waals surface area (Å²) in [6.45, 7) is 2.05. The number of anilines is 2. The molecule has 7 rings (SSSR count). The summed E-state index contributed by atoms with van der Waals surface area (Å²) >= 11 is 0. The first-order valence-electron chi connectivity index (χ1n) is 13.8. The van der Waals surface area contributed by atoms with Gasteiger partial charge in [0.05, 0.1) is 23.0 Å². The molecule has 5 aromatic carbocycles. The number of aliphatic imine (C=N–C) groups is 1. The van der Waals surface area contributed by atoms with Gasteiger partial charge in [0.25, 0.3) is 5.91 Å². The highest BCUT2D eigenvalue weighted by Gasteiger charge is 2.63. The van der Waals surface area contributed by atoms with Crippen molar-refractivity contribution in [1.29, 1.82) is 0 Å². The van der Waals surface area contributed by atoms with Gasteiger partial charge in [0.15, 0.2) is 0 Å². The minimum atomic E-state index is -1.39. The highest BCUT2D eigenvalue weighted by Crippen LogP contribution is 2.50. The Morgan fingerprint density at radius 3 is 1.76 bits per heavy atom. The molecule has 2 aliphatic rings. The van der Waals surface area contributed by atoms with Crippen LogP contribution in [0.2, 0.25) is 0 Å². The van der Waals surface area contributed by atoms with E-state index in [4.69, 9.17) is 10.1 Å². The van der Waals surface area contributed by atoms with E-state index < -0.39 is 11.6 Å². The summed E-state index contributed by atoms with van der Waals surface area (Å²) in [5.41, 5.74) is 4.92. The fourth-order valence-corrected chi connectivity index (χ4v) is 5.81. The molecule has 0 aliphatic carbocycles. The Morgan fingerprint density at radius 1 is 0.610 bits per heavy atom. The average molecular weight is 533 g/mol. The van der Waals surface area contributed by atoms with Gasteiger partial charge >= 0.3 is 0 Å². The van der Waals surface area contributed by atoms with Crippen molar-refractivity contribution in [3.63, 3.8) is 0 Å². The molecule has 0 aromatic heterocycles. The number of carbonyl (C=O) groups excluding carboxylic acids is 1. The SMILES string of the molecule is Cc1ccc(N2N=C(c3ccccc3)[C@@H](c3ccccc3)[C@]23N=C(c2ccccc2)N(c2ccccc2)C3=O)cc1. The minimum Gasteiger partial charge on any atom is -0.269 e. The zero-order valence-electron chi connectivity index (χ0n) is 22.6. The highest BCUT2D eigenvalue weighted by atomic mass is 16.2. The highest BCUT2D eigenvalue weighted by molar-refractivity contribution is 6.32. The molecule has 0 bridgehead atoms. The Hall–Kier alpha value is -5.29. The second-order valence-electron chi connectivity index (χ2n) is 10.3. The molecule has 198 valence electrons. The van der Waals surface area contributed by atoms with E-state index in [9.17, 15) is 0 Å². The van der Waals surface area contributed by atoms with Crippen LogP contribution in [0.4, 0.5) is 11.4 Å². The number of hydrogen-bond donors (Lipinski definition) is 0. The first-order chi connectivity index (χ1) is 20.2. The second-order valence-corrected chi connectivity index (χ2v) is 10.3. The van der Waals surface area contributed by atoms with Gasteiger partial charge in [-0.05, 0) is 42.3 Å². The van der Waals surface area contributed by atoms with Crippen LogP contribution in [-0.2, 0) is 4.79 Å². The van der Waals surface area contributed by atoms with Crippen LogP contribution in [0, 0.1) is 6.92 Å². The Balaban J connectivity index is 1.54. The lowest BCUT2D eigenvalue weighted by Crippen LogP contribution is -2.55. The molecule has 0 fully saturated rings. The van der Waals surface area contributed by atoms with Crippen LogP contribution in [0.1, 0.15) is 28.2 Å². The van der Waals surface area contributed by atoms with E-state index in [0.717, 1.165) is 39.3 Å². The van der Waals surface area contributed by atoms with Crippen molar-refractivity contribution in [2.24, 2.45) is 10.1 Å². The van der Waals surface area contributed by atoms with Gasteiger partial charge < -0.3 is 0 Å². The third kappa shape index (κ3) is 4.05.